The molecular weight excluding hydrogens is 526 g/mol. The highest BCUT2D eigenvalue weighted by Crippen LogP contribution is 2.39. The molecule has 2 amide bonds. The van der Waals surface area contributed by atoms with E-state index < -0.39 is 12.0 Å². The number of alkyl carbamates (subject to hydrolysis) is 1. The first-order valence-electron chi connectivity index (χ1n) is 12.2. The molecule has 0 unspecified atom stereocenters. The highest BCUT2D eigenvalue weighted by Gasteiger charge is 2.25. The van der Waals surface area contributed by atoms with Gasteiger partial charge in [-0.25, -0.2) is 9.78 Å². The SMILES string of the molecule is COC(=O)N[C@@H]1CCN(Cc2ccc3ncc(-c4cc(O[C@H](C)c5ccccc5Cl)c(C(N)=O)s4)n3c2)C1. The second-order valence-electron chi connectivity index (χ2n) is 9.22. The van der Waals surface area contributed by atoms with Crippen molar-refractivity contribution in [3.05, 3.63) is 75.9 Å². The number of halogens is 1. The maximum absolute atomic E-state index is 12.3. The molecule has 5 rings (SSSR count). The number of ether oxygens (including phenoxy) is 2. The van der Waals surface area contributed by atoms with Gasteiger partial charge < -0.3 is 20.5 Å². The number of methoxy groups -OCH3 is 1. The normalized spacial score (nSPS) is 16.4. The van der Waals surface area contributed by atoms with Crippen LogP contribution in [0.25, 0.3) is 16.2 Å². The Balaban J connectivity index is 1.38. The van der Waals surface area contributed by atoms with Gasteiger partial charge in [-0.15, -0.1) is 11.3 Å². The number of likely N-dealkylation sites (tertiary alicyclic amines) is 1. The summed E-state index contributed by atoms with van der Waals surface area (Å²) in [5.74, 6) is -0.140. The molecule has 38 heavy (non-hydrogen) atoms. The van der Waals surface area contributed by atoms with Crippen LogP contribution in [0.5, 0.6) is 5.75 Å². The largest absolute Gasteiger partial charge is 0.484 e. The summed E-state index contributed by atoms with van der Waals surface area (Å²) in [6.45, 7) is 4.24. The molecule has 1 fully saturated rings. The van der Waals surface area contributed by atoms with E-state index in [9.17, 15) is 9.59 Å². The number of rotatable bonds is 8. The van der Waals surface area contributed by atoms with Crippen molar-refractivity contribution in [2.45, 2.75) is 32.0 Å². The maximum atomic E-state index is 12.3. The Morgan fingerprint density at radius 1 is 1.29 bits per heavy atom. The molecule has 11 heteroatoms. The summed E-state index contributed by atoms with van der Waals surface area (Å²) in [6.07, 6.45) is 3.92. The summed E-state index contributed by atoms with van der Waals surface area (Å²) in [6, 6.07) is 13.4. The zero-order chi connectivity index (χ0) is 26.8. The van der Waals surface area contributed by atoms with Crippen molar-refractivity contribution in [2.75, 3.05) is 20.2 Å². The van der Waals surface area contributed by atoms with E-state index in [0.29, 0.717) is 15.6 Å². The molecule has 0 radical (unpaired) electrons. The van der Waals surface area contributed by atoms with Gasteiger partial charge in [-0.2, -0.15) is 0 Å². The summed E-state index contributed by atoms with van der Waals surface area (Å²) < 4.78 is 12.9. The van der Waals surface area contributed by atoms with Crippen LogP contribution in [0.4, 0.5) is 4.79 Å². The summed E-state index contributed by atoms with van der Waals surface area (Å²) in [7, 11) is 1.37. The minimum atomic E-state index is -0.554. The third kappa shape index (κ3) is 5.47. The molecule has 3 aromatic heterocycles. The molecule has 1 aromatic carbocycles. The number of hydrogen-bond acceptors (Lipinski definition) is 7. The van der Waals surface area contributed by atoms with E-state index in [1.807, 2.05) is 41.7 Å². The molecule has 2 atom stereocenters. The van der Waals surface area contributed by atoms with Crippen molar-refractivity contribution < 1.29 is 19.1 Å². The molecule has 0 spiro atoms. The Morgan fingerprint density at radius 2 is 2.11 bits per heavy atom. The second-order valence-corrected chi connectivity index (χ2v) is 10.7. The number of primary amides is 1. The van der Waals surface area contributed by atoms with Crippen molar-refractivity contribution in [3.8, 4) is 16.3 Å². The Kier molecular flexibility index (Phi) is 7.55. The van der Waals surface area contributed by atoms with E-state index in [4.69, 9.17) is 26.8 Å². The van der Waals surface area contributed by atoms with Gasteiger partial charge in [0.05, 0.1) is 23.9 Å². The first-order chi connectivity index (χ1) is 18.3. The van der Waals surface area contributed by atoms with Crippen molar-refractivity contribution >= 4 is 40.6 Å². The van der Waals surface area contributed by atoms with Crippen LogP contribution < -0.4 is 15.8 Å². The van der Waals surface area contributed by atoms with Gasteiger partial charge in [-0.1, -0.05) is 35.9 Å². The Morgan fingerprint density at radius 3 is 2.87 bits per heavy atom. The predicted molar refractivity (Wildman–Crippen MR) is 147 cm³/mol. The molecule has 0 aliphatic carbocycles. The summed E-state index contributed by atoms with van der Waals surface area (Å²) in [5.41, 5.74) is 9.25. The first kappa shape index (κ1) is 26.0. The van der Waals surface area contributed by atoms with Crippen molar-refractivity contribution in [3.63, 3.8) is 0 Å². The number of benzene rings is 1. The molecule has 0 bridgehead atoms. The van der Waals surface area contributed by atoms with Crippen molar-refractivity contribution in [2.24, 2.45) is 5.73 Å². The van der Waals surface area contributed by atoms with E-state index in [1.165, 1.54) is 18.4 Å². The highest BCUT2D eigenvalue weighted by atomic mass is 35.5. The third-order valence-corrected chi connectivity index (χ3v) is 8.07. The average molecular weight is 554 g/mol. The number of nitrogens with one attached hydrogen (secondary N) is 1. The lowest BCUT2D eigenvalue weighted by atomic mass is 10.1. The second kappa shape index (κ2) is 11.0. The van der Waals surface area contributed by atoms with Gasteiger partial charge in [0.2, 0.25) is 0 Å². The number of carbonyl (C=O) groups is 2. The monoisotopic (exact) mass is 553 g/mol. The third-order valence-electron chi connectivity index (χ3n) is 6.57. The highest BCUT2D eigenvalue weighted by molar-refractivity contribution is 7.17. The van der Waals surface area contributed by atoms with Gasteiger partial charge >= 0.3 is 6.09 Å². The Labute approximate surface area is 229 Å². The van der Waals surface area contributed by atoms with E-state index in [0.717, 1.165) is 53.4 Å². The summed E-state index contributed by atoms with van der Waals surface area (Å²) in [5, 5.41) is 3.46. The molecule has 198 valence electrons. The van der Waals surface area contributed by atoms with E-state index >= 15 is 0 Å². The minimum absolute atomic E-state index is 0.0694. The first-order valence-corrected chi connectivity index (χ1v) is 13.4. The number of hydrogen-bond donors (Lipinski definition) is 2. The van der Waals surface area contributed by atoms with Gasteiger partial charge in [-0.3, -0.25) is 14.1 Å². The quantitative estimate of drug-likeness (QED) is 0.321. The van der Waals surface area contributed by atoms with Crippen molar-refractivity contribution in [1.82, 2.24) is 19.6 Å². The number of nitrogens with two attached hydrogens (primary N) is 1. The van der Waals surface area contributed by atoms with Crippen LogP contribution in [0.3, 0.4) is 0 Å². The average Bonchev–Trinajstić information content (AvgIpc) is 3.62. The number of nitrogens with zero attached hydrogens (tertiary/aromatic N) is 3. The topological polar surface area (TPSA) is 111 Å². The lowest BCUT2D eigenvalue weighted by molar-refractivity contribution is 0.0998. The lowest BCUT2D eigenvalue weighted by Crippen LogP contribution is -2.36. The molecule has 4 heterocycles. The van der Waals surface area contributed by atoms with Gasteiger partial charge in [0.15, 0.2) is 0 Å². The predicted octanol–water partition coefficient (Wildman–Crippen LogP) is 4.89. The molecule has 1 aliphatic rings. The molecular formula is C27H28ClN5O4S. The number of pyridine rings is 1. The number of carbonyl (C=O) groups excluding carboxylic acids is 2. The molecule has 0 saturated carbocycles. The molecule has 3 N–H and O–H groups in total. The fraction of sp³-hybridized carbons (Fsp3) is 0.296. The van der Waals surface area contributed by atoms with Crippen LogP contribution in [-0.4, -0.2) is 52.5 Å². The molecule has 9 nitrogen and oxygen atoms in total. The molecule has 4 aromatic rings. The van der Waals surface area contributed by atoms with Crippen LogP contribution in [0.1, 0.15) is 40.2 Å². The summed E-state index contributed by atoms with van der Waals surface area (Å²) >= 11 is 7.62. The number of fused-ring (bicyclic) bond motifs is 1. The lowest BCUT2D eigenvalue weighted by Gasteiger charge is -2.16. The van der Waals surface area contributed by atoms with Crippen LogP contribution in [0.15, 0.2) is 54.9 Å². The van der Waals surface area contributed by atoms with Crippen LogP contribution in [-0.2, 0) is 11.3 Å². The van der Waals surface area contributed by atoms with Gasteiger partial charge in [0.1, 0.15) is 22.4 Å². The Bertz CT molecular complexity index is 1490. The zero-order valence-corrected chi connectivity index (χ0v) is 22.6. The van der Waals surface area contributed by atoms with E-state index in [1.54, 1.807) is 12.3 Å². The van der Waals surface area contributed by atoms with Gasteiger partial charge in [0, 0.05) is 48.5 Å². The molecule has 1 aliphatic heterocycles. The number of amides is 2. The van der Waals surface area contributed by atoms with E-state index in [2.05, 4.69) is 27.5 Å². The maximum Gasteiger partial charge on any atom is 0.407 e. The number of imidazole rings is 1. The van der Waals surface area contributed by atoms with E-state index in [-0.39, 0.29) is 12.1 Å². The summed E-state index contributed by atoms with van der Waals surface area (Å²) in [4.78, 5) is 31.8. The van der Waals surface area contributed by atoms with Crippen LogP contribution in [0.2, 0.25) is 5.02 Å². The fourth-order valence-corrected chi connectivity index (χ4v) is 5.94. The van der Waals surface area contributed by atoms with Gasteiger partial charge in [-0.05, 0) is 31.0 Å². The smallest absolute Gasteiger partial charge is 0.407 e. The number of thiophene rings is 1. The zero-order valence-electron chi connectivity index (χ0n) is 21.0. The van der Waals surface area contributed by atoms with Crippen LogP contribution in [0, 0.1) is 0 Å². The van der Waals surface area contributed by atoms with Crippen molar-refractivity contribution in [1.29, 1.82) is 0 Å². The van der Waals surface area contributed by atoms with Crippen LogP contribution >= 0.6 is 22.9 Å². The minimum Gasteiger partial charge on any atom is -0.484 e. The number of aromatic nitrogens is 2. The Hall–Kier alpha value is -3.60. The molecule has 1 saturated heterocycles. The standard InChI is InChI=1S/C27H28ClN5O4S/c1-16(19-5-3-4-6-20(19)28)37-22-11-23(38-25(22)26(29)34)21-12-30-24-8-7-17(14-33(21)24)13-32-10-9-18(15-32)31-27(35)36-2/h3-8,11-12,14,16,18H,9-10,13,15H2,1-2H3,(H2,29,34)(H,31,35)/t16-,18-/m1/s1. The van der Waals surface area contributed by atoms with Gasteiger partial charge in [0.25, 0.3) is 5.91 Å². The fourth-order valence-electron chi connectivity index (χ4n) is 4.70.